The van der Waals surface area contributed by atoms with Crippen molar-refractivity contribution in [2.24, 2.45) is 11.5 Å². The fourth-order valence-electron chi connectivity index (χ4n) is 1.50. The maximum Gasteiger partial charge on any atom is 0.123 e. The maximum absolute atomic E-state index is 12.9. The van der Waals surface area contributed by atoms with Gasteiger partial charge < -0.3 is 11.5 Å². The minimum absolute atomic E-state index is 0.103. The van der Waals surface area contributed by atoms with Crippen molar-refractivity contribution in [2.75, 3.05) is 6.54 Å². The van der Waals surface area contributed by atoms with Gasteiger partial charge in [-0.1, -0.05) is 6.07 Å². The SMILES string of the molecule is Cc1ccc(F)cc1[C@H](N)CCCN. The Morgan fingerprint density at radius 2 is 2.14 bits per heavy atom. The van der Waals surface area contributed by atoms with Gasteiger partial charge in [-0.15, -0.1) is 0 Å². The van der Waals surface area contributed by atoms with Crippen LogP contribution in [0.25, 0.3) is 0 Å². The van der Waals surface area contributed by atoms with Gasteiger partial charge in [-0.05, 0) is 49.6 Å². The van der Waals surface area contributed by atoms with Crippen LogP contribution in [0.3, 0.4) is 0 Å². The van der Waals surface area contributed by atoms with E-state index in [2.05, 4.69) is 0 Å². The summed E-state index contributed by atoms with van der Waals surface area (Å²) in [6.45, 7) is 2.57. The molecule has 3 heteroatoms. The molecule has 0 aliphatic rings. The van der Waals surface area contributed by atoms with Gasteiger partial charge in [0.15, 0.2) is 0 Å². The van der Waals surface area contributed by atoms with E-state index in [4.69, 9.17) is 11.5 Å². The normalized spacial score (nSPS) is 12.9. The fourth-order valence-corrected chi connectivity index (χ4v) is 1.50. The summed E-state index contributed by atoms with van der Waals surface area (Å²) in [5, 5.41) is 0. The van der Waals surface area contributed by atoms with Gasteiger partial charge in [0, 0.05) is 6.04 Å². The highest BCUT2D eigenvalue weighted by atomic mass is 19.1. The molecule has 0 aliphatic carbocycles. The topological polar surface area (TPSA) is 52.0 Å². The van der Waals surface area contributed by atoms with Crippen LogP contribution in [-0.2, 0) is 0 Å². The van der Waals surface area contributed by atoms with E-state index in [9.17, 15) is 4.39 Å². The third-order valence-electron chi connectivity index (χ3n) is 2.36. The van der Waals surface area contributed by atoms with Crippen molar-refractivity contribution in [3.8, 4) is 0 Å². The first-order valence-electron chi connectivity index (χ1n) is 4.87. The molecule has 0 amide bonds. The number of nitrogens with two attached hydrogens (primary N) is 2. The summed E-state index contributed by atoms with van der Waals surface area (Å²) >= 11 is 0. The molecule has 1 aromatic carbocycles. The van der Waals surface area contributed by atoms with E-state index in [0.717, 1.165) is 24.0 Å². The number of benzene rings is 1. The van der Waals surface area contributed by atoms with Gasteiger partial charge in [-0.2, -0.15) is 0 Å². The monoisotopic (exact) mass is 196 g/mol. The van der Waals surface area contributed by atoms with Gasteiger partial charge >= 0.3 is 0 Å². The quantitative estimate of drug-likeness (QED) is 0.772. The molecule has 0 fully saturated rings. The first kappa shape index (κ1) is 11.1. The molecule has 0 heterocycles. The van der Waals surface area contributed by atoms with Crippen LogP contribution in [0.15, 0.2) is 18.2 Å². The average Bonchev–Trinajstić information content (AvgIpc) is 2.18. The van der Waals surface area contributed by atoms with Crippen molar-refractivity contribution in [3.05, 3.63) is 35.1 Å². The summed E-state index contributed by atoms with van der Waals surface area (Å²) in [4.78, 5) is 0. The summed E-state index contributed by atoms with van der Waals surface area (Å²) in [7, 11) is 0. The Hall–Kier alpha value is -0.930. The molecule has 14 heavy (non-hydrogen) atoms. The number of halogens is 1. The zero-order valence-corrected chi connectivity index (χ0v) is 8.46. The molecule has 1 atom stereocenters. The third kappa shape index (κ3) is 2.79. The molecular formula is C11H17FN2. The molecule has 1 aromatic rings. The summed E-state index contributed by atoms with van der Waals surface area (Å²) in [5.41, 5.74) is 13.2. The lowest BCUT2D eigenvalue weighted by Crippen LogP contribution is -2.14. The van der Waals surface area contributed by atoms with Crippen LogP contribution in [0, 0.1) is 12.7 Å². The van der Waals surface area contributed by atoms with E-state index in [0.29, 0.717) is 6.54 Å². The second-order valence-electron chi connectivity index (χ2n) is 3.54. The summed E-state index contributed by atoms with van der Waals surface area (Å²) < 4.78 is 12.9. The lowest BCUT2D eigenvalue weighted by molar-refractivity contribution is 0.594. The van der Waals surface area contributed by atoms with Crippen molar-refractivity contribution in [2.45, 2.75) is 25.8 Å². The number of hydrogen-bond donors (Lipinski definition) is 2. The van der Waals surface area contributed by atoms with E-state index in [1.165, 1.54) is 12.1 Å². The van der Waals surface area contributed by atoms with Crippen molar-refractivity contribution in [1.29, 1.82) is 0 Å². The second-order valence-corrected chi connectivity index (χ2v) is 3.54. The van der Waals surface area contributed by atoms with Gasteiger partial charge in [0.1, 0.15) is 5.82 Å². The molecule has 1 rings (SSSR count). The van der Waals surface area contributed by atoms with Gasteiger partial charge in [0.05, 0.1) is 0 Å². The Kier molecular flexibility index (Phi) is 4.04. The van der Waals surface area contributed by atoms with E-state index in [-0.39, 0.29) is 11.9 Å². The minimum atomic E-state index is -0.228. The molecule has 0 spiro atoms. The van der Waals surface area contributed by atoms with Crippen molar-refractivity contribution < 1.29 is 4.39 Å². The summed E-state index contributed by atoms with van der Waals surface area (Å²) in [6.07, 6.45) is 1.68. The molecule has 0 aliphatic heterocycles. The zero-order valence-electron chi connectivity index (χ0n) is 8.46. The number of aryl methyl sites for hydroxylation is 1. The lowest BCUT2D eigenvalue weighted by Gasteiger charge is -2.14. The Morgan fingerprint density at radius 1 is 1.43 bits per heavy atom. The third-order valence-corrected chi connectivity index (χ3v) is 2.36. The van der Waals surface area contributed by atoms with Crippen molar-refractivity contribution in [3.63, 3.8) is 0 Å². The standard InChI is InChI=1S/C11H17FN2/c1-8-4-5-9(12)7-10(8)11(14)3-2-6-13/h4-5,7,11H,2-3,6,13-14H2,1H3/t11-/m1/s1. The Morgan fingerprint density at radius 3 is 2.79 bits per heavy atom. The van der Waals surface area contributed by atoms with Gasteiger partial charge in [-0.25, -0.2) is 4.39 Å². The van der Waals surface area contributed by atoms with Crippen LogP contribution in [0.2, 0.25) is 0 Å². The molecule has 0 aromatic heterocycles. The molecule has 0 saturated carbocycles. The predicted molar refractivity (Wildman–Crippen MR) is 56.4 cm³/mol. The van der Waals surface area contributed by atoms with E-state index in [1.807, 2.05) is 6.92 Å². The first-order valence-corrected chi connectivity index (χ1v) is 4.87. The summed E-state index contributed by atoms with van der Waals surface area (Å²) in [6, 6.07) is 4.62. The van der Waals surface area contributed by atoms with Crippen molar-refractivity contribution in [1.82, 2.24) is 0 Å². The highest BCUT2D eigenvalue weighted by Gasteiger charge is 2.09. The summed E-state index contributed by atoms with van der Waals surface area (Å²) in [5.74, 6) is -0.228. The Bertz CT molecular complexity index is 299. The van der Waals surface area contributed by atoms with E-state index >= 15 is 0 Å². The van der Waals surface area contributed by atoms with Crippen molar-refractivity contribution >= 4 is 0 Å². The molecule has 0 unspecified atom stereocenters. The molecule has 0 radical (unpaired) electrons. The van der Waals surface area contributed by atoms with Crippen LogP contribution < -0.4 is 11.5 Å². The second kappa shape index (κ2) is 5.08. The molecule has 4 N–H and O–H groups in total. The lowest BCUT2D eigenvalue weighted by atomic mass is 9.98. The molecule has 0 bridgehead atoms. The highest BCUT2D eigenvalue weighted by molar-refractivity contribution is 5.29. The predicted octanol–water partition coefficient (Wildman–Crippen LogP) is 1.87. The smallest absolute Gasteiger partial charge is 0.123 e. The first-order chi connectivity index (χ1) is 6.65. The average molecular weight is 196 g/mol. The van der Waals surface area contributed by atoms with E-state index in [1.54, 1.807) is 6.07 Å². The van der Waals surface area contributed by atoms with Crippen LogP contribution in [0.4, 0.5) is 4.39 Å². The van der Waals surface area contributed by atoms with Gasteiger partial charge in [0.25, 0.3) is 0 Å². The molecule has 78 valence electrons. The Labute approximate surface area is 84.1 Å². The maximum atomic E-state index is 12.9. The largest absolute Gasteiger partial charge is 0.330 e. The molecule has 2 nitrogen and oxygen atoms in total. The number of hydrogen-bond acceptors (Lipinski definition) is 2. The number of rotatable bonds is 4. The van der Waals surface area contributed by atoms with Crippen LogP contribution in [0.1, 0.15) is 30.0 Å². The zero-order chi connectivity index (χ0) is 10.6. The van der Waals surface area contributed by atoms with Crippen LogP contribution >= 0.6 is 0 Å². The van der Waals surface area contributed by atoms with Crippen LogP contribution in [0.5, 0.6) is 0 Å². The van der Waals surface area contributed by atoms with E-state index < -0.39 is 0 Å². The molecular weight excluding hydrogens is 179 g/mol. The fraction of sp³-hybridized carbons (Fsp3) is 0.455. The Balaban J connectivity index is 2.77. The minimum Gasteiger partial charge on any atom is -0.330 e. The van der Waals surface area contributed by atoms with Crippen LogP contribution in [-0.4, -0.2) is 6.54 Å². The van der Waals surface area contributed by atoms with Gasteiger partial charge in [-0.3, -0.25) is 0 Å². The highest BCUT2D eigenvalue weighted by Crippen LogP contribution is 2.20. The van der Waals surface area contributed by atoms with Gasteiger partial charge in [0.2, 0.25) is 0 Å². The molecule has 0 saturated heterocycles.